The topological polar surface area (TPSA) is 84.5 Å². The molecule has 7 heteroatoms. The third-order valence-electron chi connectivity index (χ3n) is 4.27. The molecule has 3 aromatic rings. The van der Waals surface area contributed by atoms with Gasteiger partial charge >= 0.3 is 0 Å². The van der Waals surface area contributed by atoms with Crippen molar-refractivity contribution < 1.29 is 19.1 Å². The lowest BCUT2D eigenvalue weighted by Gasteiger charge is -2.09. The summed E-state index contributed by atoms with van der Waals surface area (Å²) in [5, 5.41) is 5.99. The number of halogens is 1. The van der Waals surface area contributed by atoms with E-state index < -0.39 is 0 Å². The average molecular weight is 449 g/mol. The third kappa shape index (κ3) is 7.11. The molecule has 32 heavy (non-hydrogen) atoms. The van der Waals surface area contributed by atoms with Gasteiger partial charge in [-0.15, -0.1) is 0 Å². The second-order valence-electron chi connectivity index (χ2n) is 6.87. The van der Waals surface area contributed by atoms with E-state index in [0.29, 0.717) is 27.7 Å². The summed E-state index contributed by atoms with van der Waals surface area (Å²) in [6.07, 6.45) is 3.17. The highest BCUT2D eigenvalue weighted by Crippen LogP contribution is 2.17. The molecule has 3 aromatic carbocycles. The fourth-order valence-electron chi connectivity index (χ4n) is 2.78. The highest BCUT2D eigenvalue weighted by atomic mass is 35.5. The number of ether oxygens (including phenoxy) is 1. The first-order chi connectivity index (χ1) is 15.4. The Bertz CT molecular complexity index is 1140. The largest absolute Gasteiger partial charge is 0.484 e. The number of hydrogen-bond donors (Lipinski definition) is 2. The molecule has 0 aliphatic carbocycles. The van der Waals surface area contributed by atoms with E-state index in [1.54, 1.807) is 66.7 Å². The minimum Gasteiger partial charge on any atom is -0.484 e. The van der Waals surface area contributed by atoms with E-state index in [4.69, 9.17) is 16.3 Å². The van der Waals surface area contributed by atoms with Gasteiger partial charge < -0.3 is 15.4 Å². The minimum atomic E-state index is -0.364. The lowest BCUT2D eigenvalue weighted by molar-refractivity contribution is -0.118. The highest BCUT2D eigenvalue weighted by Gasteiger charge is 2.07. The normalized spacial score (nSPS) is 10.6. The molecule has 3 rings (SSSR count). The van der Waals surface area contributed by atoms with Gasteiger partial charge in [0.1, 0.15) is 5.75 Å². The number of carbonyl (C=O) groups excluding carboxylic acids is 3. The molecule has 0 aliphatic heterocycles. The predicted molar refractivity (Wildman–Crippen MR) is 126 cm³/mol. The molecule has 0 bridgehead atoms. The van der Waals surface area contributed by atoms with Gasteiger partial charge in [0, 0.05) is 28.9 Å². The monoisotopic (exact) mass is 448 g/mol. The summed E-state index contributed by atoms with van der Waals surface area (Å²) in [4.78, 5) is 35.7. The van der Waals surface area contributed by atoms with Crippen LogP contribution < -0.4 is 15.4 Å². The first-order valence-electron chi connectivity index (χ1n) is 9.77. The zero-order valence-corrected chi connectivity index (χ0v) is 18.1. The van der Waals surface area contributed by atoms with Gasteiger partial charge in [-0.05, 0) is 60.2 Å². The Morgan fingerprint density at radius 2 is 1.62 bits per heavy atom. The van der Waals surface area contributed by atoms with Crippen molar-refractivity contribution in [3.8, 4) is 5.75 Å². The van der Waals surface area contributed by atoms with E-state index in [2.05, 4.69) is 10.6 Å². The molecule has 0 aromatic heterocycles. The van der Waals surface area contributed by atoms with Gasteiger partial charge in [-0.2, -0.15) is 0 Å². The predicted octanol–water partition coefficient (Wildman–Crippen LogP) is 5.21. The van der Waals surface area contributed by atoms with Crippen LogP contribution in [-0.4, -0.2) is 24.2 Å². The van der Waals surface area contributed by atoms with E-state index in [1.807, 2.05) is 12.1 Å². The molecule has 0 saturated carbocycles. The summed E-state index contributed by atoms with van der Waals surface area (Å²) in [5.41, 5.74) is 2.43. The van der Waals surface area contributed by atoms with Crippen molar-refractivity contribution in [2.75, 3.05) is 17.2 Å². The smallest absolute Gasteiger partial charge is 0.262 e. The Morgan fingerprint density at radius 1 is 0.906 bits per heavy atom. The Balaban J connectivity index is 1.54. The standard InChI is InChI=1S/C25H21ClN2O4/c1-17(29)27-21-10-12-23(13-11-21)32-16-25(31)28-22-4-2-3-19(15-22)24(30)14-7-18-5-8-20(26)9-6-18/h2-15H,16H2,1H3,(H,27,29)(H,28,31)/b14-7+. The lowest BCUT2D eigenvalue weighted by Crippen LogP contribution is -2.20. The van der Waals surface area contributed by atoms with Crippen LogP contribution in [0.2, 0.25) is 5.02 Å². The first kappa shape index (κ1) is 22.8. The lowest BCUT2D eigenvalue weighted by atomic mass is 10.1. The summed E-state index contributed by atoms with van der Waals surface area (Å²) in [6, 6.07) is 20.5. The number of nitrogens with one attached hydrogen (secondary N) is 2. The molecule has 0 heterocycles. The van der Waals surface area contributed by atoms with Crippen LogP contribution in [0.4, 0.5) is 11.4 Å². The number of anilines is 2. The second kappa shape index (κ2) is 10.9. The molecule has 0 saturated heterocycles. The maximum Gasteiger partial charge on any atom is 0.262 e. The number of hydrogen-bond acceptors (Lipinski definition) is 4. The summed E-state index contributed by atoms with van der Waals surface area (Å²) < 4.78 is 5.46. The number of rotatable bonds is 8. The number of amides is 2. The number of benzene rings is 3. The maximum absolute atomic E-state index is 12.5. The Morgan fingerprint density at radius 3 is 2.31 bits per heavy atom. The van der Waals surface area contributed by atoms with Gasteiger partial charge in [0.05, 0.1) is 0 Å². The average Bonchev–Trinajstić information content (AvgIpc) is 2.78. The molecule has 2 N–H and O–H groups in total. The summed E-state index contributed by atoms with van der Waals surface area (Å²) in [5.74, 6) is -0.228. The van der Waals surface area contributed by atoms with Crippen LogP contribution in [0, 0.1) is 0 Å². The van der Waals surface area contributed by atoms with Gasteiger partial charge in [-0.1, -0.05) is 41.9 Å². The second-order valence-corrected chi connectivity index (χ2v) is 7.31. The van der Waals surface area contributed by atoms with Gasteiger partial charge in [-0.25, -0.2) is 0 Å². The van der Waals surface area contributed by atoms with Crippen LogP contribution in [0.15, 0.2) is 78.9 Å². The van der Waals surface area contributed by atoms with E-state index in [1.165, 1.54) is 13.0 Å². The van der Waals surface area contributed by atoms with E-state index in [9.17, 15) is 14.4 Å². The van der Waals surface area contributed by atoms with Gasteiger partial charge in [0.15, 0.2) is 12.4 Å². The van der Waals surface area contributed by atoms with Gasteiger partial charge in [0.25, 0.3) is 5.91 Å². The van der Waals surface area contributed by atoms with Crippen molar-refractivity contribution in [1.82, 2.24) is 0 Å². The Kier molecular flexibility index (Phi) is 7.78. The molecule has 0 aliphatic rings. The van der Waals surface area contributed by atoms with E-state index in [-0.39, 0.29) is 24.2 Å². The van der Waals surface area contributed by atoms with Crippen molar-refractivity contribution in [2.24, 2.45) is 0 Å². The SMILES string of the molecule is CC(=O)Nc1ccc(OCC(=O)Nc2cccc(C(=O)/C=C/c3ccc(Cl)cc3)c2)cc1. The third-order valence-corrected chi connectivity index (χ3v) is 4.52. The Labute approximate surface area is 190 Å². The fraction of sp³-hybridized carbons (Fsp3) is 0.0800. The quantitative estimate of drug-likeness (QED) is 0.366. The summed E-state index contributed by atoms with van der Waals surface area (Å²) >= 11 is 5.86. The Hall–Kier alpha value is -3.90. The van der Waals surface area contributed by atoms with Crippen molar-refractivity contribution in [1.29, 1.82) is 0 Å². The van der Waals surface area contributed by atoms with Crippen LogP contribution in [0.25, 0.3) is 6.08 Å². The van der Waals surface area contributed by atoms with Crippen LogP contribution >= 0.6 is 11.6 Å². The fourth-order valence-corrected chi connectivity index (χ4v) is 2.90. The van der Waals surface area contributed by atoms with E-state index >= 15 is 0 Å². The van der Waals surface area contributed by atoms with Crippen LogP contribution in [0.1, 0.15) is 22.8 Å². The number of allylic oxidation sites excluding steroid dienone is 1. The van der Waals surface area contributed by atoms with E-state index in [0.717, 1.165) is 5.56 Å². The number of carbonyl (C=O) groups is 3. The summed E-state index contributed by atoms with van der Waals surface area (Å²) in [6.45, 7) is 1.22. The van der Waals surface area contributed by atoms with Crippen molar-refractivity contribution in [3.05, 3.63) is 95.0 Å². The molecule has 0 spiro atoms. The zero-order chi connectivity index (χ0) is 22.9. The molecule has 0 radical (unpaired) electrons. The molecular weight excluding hydrogens is 428 g/mol. The van der Waals surface area contributed by atoms with Crippen molar-refractivity contribution >= 4 is 46.6 Å². The molecular formula is C25H21ClN2O4. The minimum absolute atomic E-state index is 0.167. The van der Waals surface area contributed by atoms with Crippen LogP contribution in [0.5, 0.6) is 5.75 Å². The molecule has 0 unspecified atom stereocenters. The zero-order valence-electron chi connectivity index (χ0n) is 17.3. The molecule has 0 fully saturated rings. The van der Waals surface area contributed by atoms with Crippen LogP contribution in [0.3, 0.4) is 0 Å². The van der Waals surface area contributed by atoms with Crippen molar-refractivity contribution in [3.63, 3.8) is 0 Å². The molecule has 2 amide bonds. The first-order valence-corrected chi connectivity index (χ1v) is 10.2. The highest BCUT2D eigenvalue weighted by molar-refractivity contribution is 6.30. The number of ketones is 1. The molecule has 6 nitrogen and oxygen atoms in total. The molecule has 0 atom stereocenters. The molecule has 162 valence electrons. The van der Waals surface area contributed by atoms with Crippen LogP contribution in [-0.2, 0) is 9.59 Å². The maximum atomic E-state index is 12.5. The van der Waals surface area contributed by atoms with Gasteiger partial charge in [-0.3, -0.25) is 14.4 Å². The van der Waals surface area contributed by atoms with Crippen molar-refractivity contribution in [2.45, 2.75) is 6.92 Å². The van der Waals surface area contributed by atoms with Gasteiger partial charge in [0.2, 0.25) is 5.91 Å². The summed E-state index contributed by atoms with van der Waals surface area (Å²) in [7, 11) is 0.